The standard InChI is InChI=1S/C10H10O2.H2O/c1-8-2-4-9(5-3-8)6-7-10(11)12;/h2-7H,1H3,(H,11,12);1H2. The highest BCUT2D eigenvalue weighted by atomic mass is 16.4. The summed E-state index contributed by atoms with van der Waals surface area (Å²) >= 11 is 0. The Morgan fingerprint density at radius 1 is 1.31 bits per heavy atom. The first kappa shape index (κ1) is 11.4. The summed E-state index contributed by atoms with van der Waals surface area (Å²) in [5.74, 6) is -0.921. The number of rotatable bonds is 2. The summed E-state index contributed by atoms with van der Waals surface area (Å²) in [5.41, 5.74) is 2.07. The molecule has 3 N–H and O–H groups in total. The summed E-state index contributed by atoms with van der Waals surface area (Å²) in [6, 6.07) is 7.66. The fourth-order valence-corrected chi connectivity index (χ4v) is 0.845. The van der Waals surface area contributed by atoms with Gasteiger partial charge in [0.15, 0.2) is 0 Å². The van der Waals surface area contributed by atoms with Crippen molar-refractivity contribution in [3.8, 4) is 0 Å². The molecular formula is C10H12O3. The SMILES string of the molecule is Cc1ccc(C=CC(=O)O)cc1.O. The van der Waals surface area contributed by atoms with Crippen molar-refractivity contribution in [1.82, 2.24) is 0 Å². The van der Waals surface area contributed by atoms with Crippen LogP contribution in [0, 0.1) is 6.92 Å². The van der Waals surface area contributed by atoms with E-state index in [1.807, 2.05) is 31.2 Å². The van der Waals surface area contributed by atoms with Crippen LogP contribution in [-0.4, -0.2) is 16.6 Å². The lowest BCUT2D eigenvalue weighted by molar-refractivity contribution is -0.131. The zero-order valence-corrected chi connectivity index (χ0v) is 7.32. The molecule has 0 bridgehead atoms. The van der Waals surface area contributed by atoms with Gasteiger partial charge in [-0.25, -0.2) is 4.79 Å². The van der Waals surface area contributed by atoms with Gasteiger partial charge in [-0.15, -0.1) is 0 Å². The van der Waals surface area contributed by atoms with Gasteiger partial charge in [-0.2, -0.15) is 0 Å². The minimum atomic E-state index is -0.921. The van der Waals surface area contributed by atoms with Gasteiger partial charge in [-0.3, -0.25) is 0 Å². The number of hydrogen-bond acceptors (Lipinski definition) is 1. The summed E-state index contributed by atoms with van der Waals surface area (Å²) in [7, 11) is 0. The summed E-state index contributed by atoms with van der Waals surface area (Å²) in [6.45, 7) is 1.99. The first-order chi connectivity index (χ1) is 5.68. The van der Waals surface area contributed by atoms with Crippen LogP contribution >= 0.6 is 0 Å². The van der Waals surface area contributed by atoms with Crippen molar-refractivity contribution < 1.29 is 15.4 Å². The molecule has 0 saturated carbocycles. The quantitative estimate of drug-likeness (QED) is 0.696. The van der Waals surface area contributed by atoms with Crippen molar-refractivity contribution >= 4 is 12.0 Å². The van der Waals surface area contributed by atoms with E-state index in [2.05, 4.69) is 0 Å². The summed E-state index contributed by atoms with van der Waals surface area (Å²) < 4.78 is 0. The molecule has 3 nitrogen and oxygen atoms in total. The zero-order chi connectivity index (χ0) is 8.97. The molecule has 0 atom stereocenters. The van der Waals surface area contributed by atoms with E-state index in [4.69, 9.17) is 5.11 Å². The molecule has 0 aliphatic rings. The highest BCUT2D eigenvalue weighted by Gasteiger charge is 1.88. The molecule has 0 heterocycles. The third-order valence-corrected chi connectivity index (χ3v) is 1.50. The van der Waals surface area contributed by atoms with E-state index in [1.165, 1.54) is 5.56 Å². The minimum Gasteiger partial charge on any atom is -0.478 e. The first-order valence-corrected chi connectivity index (χ1v) is 3.66. The van der Waals surface area contributed by atoms with Crippen LogP contribution in [0.3, 0.4) is 0 Å². The highest BCUT2D eigenvalue weighted by molar-refractivity contribution is 5.85. The third-order valence-electron chi connectivity index (χ3n) is 1.50. The Balaban J connectivity index is 0.00000144. The molecule has 0 saturated heterocycles. The molecular weight excluding hydrogens is 168 g/mol. The van der Waals surface area contributed by atoms with Gasteiger partial charge in [-0.05, 0) is 18.6 Å². The van der Waals surface area contributed by atoms with Gasteiger partial charge in [0.05, 0.1) is 0 Å². The van der Waals surface area contributed by atoms with Crippen LogP contribution in [0.25, 0.3) is 6.08 Å². The van der Waals surface area contributed by atoms with E-state index in [9.17, 15) is 4.79 Å². The number of aliphatic carboxylic acids is 1. The second-order valence-electron chi connectivity index (χ2n) is 2.58. The van der Waals surface area contributed by atoms with Crippen LogP contribution in [0.15, 0.2) is 30.3 Å². The van der Waals surface area contributed by atoms with Crippen molar-refractivity contribution in [2.45, 2.75) is 6.92 Å². The molecule has 0 aliphatic heterocycles. The zero-order valence-electron chi connectivity index (χ0n) is 7.32. The number of carbonyl (C=O) groups is 1. The van der Waals surface area contributed by atoms with Crippen LogP contribution < -0.4 is 0 Å². The number of carboxylic acids is 1. The van der Waals surface area contributed by atoms with Crippen LogP contribution in [0.5, 0.6) is 0 Å². The lowest BCUT2D eigenvalue weighted by Crippen LogP contribution is -1.85. The molecule has 1 aromatic carbocycles. The lowest BCUT2D eigenvalue weighted by Gasteiger charge is -1.92. The molecule has 1 rings (SSSR count). The van der Waals surface area contributed by atoms with E-state index in [-0.39, 0.29) is 5.48 Å². The molecule has 0 unspecified atom stereocenters. The molecule has 0 aromatic heterocycles. The second-order valence-corrected chi connectivity index (χ2v) is 2.58. The predicted octanol–water partition coefficient (Wildman–Crippen LogP) is 1.27. The van der Waals surface area contributed by atoms with Crippen LogP contribution in [0.2, 0.25) is 0 Å². The Labute approximate surface area is 76.6 Å². The topological polar surface area (TPSA) is 68.8 Å². The van der Waals surface area contributed by atoms with Gasteiger partial charge in [0, 0.05) is 6.08 Å². The van der Waals surface area contributed by atoms with Crippen molar-refractivity contribution in [2.24, 2.45) is 0 Å². The minimum absolute atomic E-state index is 0. The van der Waals surface area contributed by atoms with Crippen molar-refractivity contribution in [2.75, 3.05) is 0 Å². The first-order valence-electron chi connectivity index (χ1n) is 3.66. The molecule has 0 amide bonds. The third kappa shape index (κ3) is 4.08. The van der Waals surface area contributed by atoms with Gasteiger partial charge in [0.2, 0.25) is 0 Å². The molecule has 0 fully saturated rings. The highest BCUT2D eigenvalue weighted by Crippen LogP contribution is 2.04. The molecule has 0 aliphatic carbocycles. The van der Waals surface area contributed by atoms with E-state index in [0.717, 1.165) is 11.6 Å². The van der Waals surface area contributed by atoms with Crippen molar-refractivity contribution in [3.05, 3.63) is 41.5 Å². The van der Waals surface area contributed by atoms with E-state index in [0.29, 0.717) is 0 Å². The van der Waals surface area contributed by atoms with Crippen LogP contribution in [0.1, 0.15) is 11.1 Å². The fourth-order valence-electron chi connectivity index (χ4n) is 0.845. The Morgan fingerprint density at radius 3 is 2.31 bits per heavy atom. The van der Waals surface area contributed by atoms with Gasteiger partial charge in [0.25, 0.3) is 0 Å². The Hall–Kier alpha value is -1.61. The smallest absolute Gasteiger partial charge is 0.328 e. The Kier molecular flexibility index (Phi) is 4.48. The molecule has 0 radical (unpaired) electrons. The number of carboxylic acid groups (broad SMARTS) is 1. The average molecular weight is 180 g/mol. The van der Waals surface area contributed by atoms with Crippen molar-refractivity contribution in [3.63, 3.8) is 0 Å². The van der Waals surface area contributed by atoms with Gasteiger partial charge in [-0.1, -0.05) is 29.8 Å². The van der Waals surface area contributed by atoms with Gasteiger partial charge >= 0.3 is 5.97 Å². The number of hydrogen-bond donors (Lipinski definition) is 1. The van der Waals surface area contributed by atoms with Gasteiger partial charge < -0.3 is 10.6 Å². The van der Waals surface area contributed by atoms with Gasteiger partial charge in [0.1, 0.15) is 0 Å². The summed E-state index contributed by atoms with van der Waals surface area (Å²) in [6.07, 6.45) is 2.70. The molecule has 70 valence electrons. The normalized spacial score (nSPS) is 9.62. The fraction of sp³-hybridized carbons (Fsp3) is 0.100. The monoisotopic (exact) mass is 180 g/mol. The average Bonchev–Trinajstić information content (AvgIpc) is 2.03. The largest absolute Gasteiger partial charge is 0.478 e. The maximum atomic E-state index is 10.2. The van der Waals surface area contributed by atoms with Crippen LogP contribution in [-0.2, 0) is 4.79 Å². The van der Waals surface area contributed by atoms with Crippen molar-refractivity contribution in [1.29, 1.82) is 0 Å². The lowest BCUT2D eigenvalue weighted by atomic mass is 10.1. The van der Waals surface area contributed by atoms with Crippen LogP contribution in [0.4, 0.5) is 0 Å². The van der Waals surface area contributed by atoms with E-state index < -0.39 is 5.97 Å². The summed E-state index contributed by atoms with van der Waals surface area (Å²) in [5, 5.41) is 8.34. The summed E-state index contributed by atoms with van der Waals surface area (Å²) in [4.78, 5) is 10.2. The maximum absolute atomic E-state index is 10.2. The Bertz CT molecular complexity index is 298. The molecule has 13 heavy (non-hydrogen) atoms. The maximum Gasteiger partial charge on any atom is 0.328 e. The van der Waals surface area contributed by atoms with E-state index in [1.54, 1.807) is 6.08 Å². The van der Waals surface area contributed by atoms with E-state index >= 15 is 0 Å². The Morgan fingerprint density at radius 2 is 1.85 bits per heavy atom. The molecule has 1 aromatic rings. The molecule has 0 spiro atoms. The predicted molar refractivity (Wildman–Crippen MR) is 51.5 cm³/mol. The second kappa shape index (κ2) is 5.11. The number of aryl methyl sites for hydroxylation is 1. The molecule has 3 heteroatoms. The number of benzene rings is 1.